The first-order valence-corrected chi connectivity index (χ1v) is 7.22. The van der Waals surface area contributed by atoms with E-state index in [1.54, 1.807) is 18.2 Å². The Morgan fingerprint density at radius 2 is 1.84 bits per heavy atom. The molecule has 0 aromatic heterocycles. The van der Waals surface area contributed by atoms with Crippen LogP contribution in [0.4, 0.5) is 4.39 Å². The van der Waals surface area contributed by atoms with Crippen LogP contribution in [0.25, 0.3) is 0 Å². The molecule has 0 heterocycles. The van der Waals surface area contributed by atoms with Gasteiger partial charge in [0.15, 0.2) is 0 Å². The largest absolute Gasteiger partial charge is 0.324 e. The van der Waals surface area contributed by atoms with Gasteiger partial charge in [-0.1, -0.05) is 35.0 Å². The van der Waals surface area contributed by atoms with Crippen molar-refractivity contribution in [2.45, 2.75) is 22.8 Å². The monoisotopic (exact) mass is 315 g/mol. The summed E-state index contributed by atoms with van der Waals surface area (Å²) >= 11 is 13.3. The fourth-order valence-corrected chi connectivity index (χ4v) is 3.06. The molecular weight excluding hydrogens is 304 g/mol. The second-order valence-corrected chi connectivity index (χ2v) is 6.08. The zero-order valence-electron chi connectivity index (χ0n) is 10.2. The van der Waals surface area contributed by atoms with Crippen molar-refractivity contribution >= 4 is 35.0 Å². The molecule has 0 saturated carbocycles. The lowest BCUT2D eigenvalue weighted by Crippen LogP contribution is -2.06. The van der Waals surface area contributed by atoms with Gasteiger partial charge >= 0.3 is 0 Å². The van der Waals surface area contributed by atoms with Crippen LogP contribution in [0.2, 0.25) is 10.0 Å². The van der Waals surface area contributed by atoms with Crippen molar-refractivity contribution in [3.63, 3.8) is 0 Å². The lowest BCUT2D eigenvalue weighted by atomic mass is 10.1. The third-order valence-electron chi connectivity index (χ3n) is 2.58. The number of nitrogens with two attached hydrogens (primary N) is 1. The average Bonchev–Trinajstić information content (AvgIpc) is 2.36. The molecule has 0 amide bonds. The molecule has 100 valence electrons. The van der Waals surface area contributed by atoms with Gasteiger partial charge in [-0.05, 0) is 48.9 Å². The van der Waals surface area contributed by atoms with Gasteiger partial charge in [0.2, 0.25) is 0 Å². The minimum atomic E-state index is -0.286. The van der Waals surface area contributed by atoms with Crippen LogP contribution in [0, 0.1) is 5.82 Å². The highest BCUT2D eigenvalue weighted by Gasteiger charge is 2.10. The zero-order valence-corrected chi connectivity index (χ0v) is 12.5. The van der Waals surface area contributed by atoms with E-state index in [-0.39, 0.29) is 11.9 Å². The molecule has 0 radical (unpaired) electrons. The predicted molar refractivity (Wildman–Crippen MR) is 79.6 cm³/mol. The van der Waals surface area contributed by atoms with Crippen molar-refractivity contribution in [3.8, 4) is 0 Å². The van der Waals surface area contributed by atoms with Crippen molar-refractivity contribution in [2.24, 2.45) is 5.73 Å². The summed E-state index contributed by atoms with van der Waals surface area (Å²) in [7, 11) is 0. The molecule has 0 spiro atoms. The van der Waals surface area contributed by atoms with Crippen LogP contribution in [0.1, 0.15) is 18.5 Å². The van der Waals surface area contributed by atoms with E-state index in [2.05, 4.69) is 0 Å². The third-order valence-corrected chi connectivity index (χ3v) is 4.40. The third kappa shape index (κ3) is 3.63. The molecule has 0 aliphatic rings. The van der Waals surface area contributed by atoms with Crippen LogP contribution >= 0.6 is 35.0 Å². The Labute approximate surface area is 125 Å². The molecule has 2 aromatic rings. The van der Waals surface area contributed by atoms with Crippen LogP contribution < -0.4 is 5.73 Å². The van der Waals surface area contributed by atoms with Gasteiger partial charge in [0.1, 0.15) is 5.82 Å². The van der Waals surface area contributed by atoms with Crippen molar-refractivity contribution < 1.29 is 4.39 Å². The maximum absolute atomic E-state index is 13.3. The first-order chi connectivity index (χ1) is 8.97. The second-order valence-electron chi connectivity index (χ2n) is 4.15. The SMILES string of the molecule is C[C@@H](N)c1cc(F)ccc1Sc1ccc(Cl)c(Cl)c1. The molecule has 0 aliphatic carbocycles. The van der Waals surface area contributed by atoms with Gasteiger partial charge in [0.25, 0.3) is 0 Å². The molecule has 0 saturated heterocycles. The van der Waals surface area contributed by atoms with E-state index in [4.69, 9.17) is 28.9 Å². The van der Waals surface area contributed by atoms with Crippen molar-refractivity contribution in [1.82, 2.24) is 0 Å². The van der Waals surface area contributed by atoms with E-state index in [1.165, 1.54) is 23.9 Å². The summed E-state index contributed by atoms with van der Waals surface area (Å²) in [6.07, 6.45) is 0. The fourth-order valence-electron chi connectivity index (χ4n) is 1.64. The van der Waals surface area contributed by atoms with Crippen molar-refractivity contribution in [1.29, 1.82) is 0 Å². The van der Waals surface area contributed by atoms with Crippen LogP contribution in [0.5, 0.6) is 0 Å². The van der Waals surface area contributed by atoms with E-state index < -0.39 is 0 Å². The minimum Gasteiger partial charge on any atom is -0.324 e. The van der Waals surface area contributed by atoms with Crippen LogP contribution in [-0.4, -0.2) is 0 Å². The first kappa shape index (κ1) is 14.7. The molecule has 0 unspecified atom stereocenters. The van der Waals surface area contributed by atoms with Crippen LogP contribution in [0.15, 0.2) is 46.2 Å². The Morgan fingerprint density at radius 3 is 2.47 bits per heavy atom. The molecule has 2 aromatic carbocycles. The number of rotatable bonds is 3. The Morgan fingerprint density at radius 1 is 1.11 bits per heavy atom. The van der Waals surface area contributed by atoms with Crippen molar-refractivity contribution in [3.05, 3.63) is 57.8 Å². The predicted octanol–water partition coefficient (Wildman–Crippen LogP) is 5.30. The smallest absolute Gasteiger partial charge is 0.123 e. The van der Waals surface area contributed by atoms with E-state index in [1.807, 2.05) is 13.0 Å². The molecule has 0 aliphatic heterocycles. The number of hydrogen-bond acceptors (Lipinski definition) is 2. The molecular formula is C14H12Cl2FNS. The molecule has 19 heavy (non-hydrogen) atoms. The van der Waals surface area contributed by atoms with Crippen LogP contribution in [0.3, 0.4) is 0 Å². The number of hydrogen-bond donors (Lipinski definition) is 1. The summed E-state index contributed by atoms with van der Waals surface area (Å²) in [5, 5.41) is 1.01. The zero-order chi connectivity index (χ0) is 14.0. The highest BCUT2D eigenvalue weighted by atomic mass is 35.5. The highest BCUT2D eigenvalue weighted by Crippen LogP contribution is 2.35. The quantitative estimate of drug-likeness (QED) is 0.831. The van der Waals surface area contributed by atoms with E-state index in [0.717, 1.165) is 15.4 Å². The van der Waals surface area contributed by atoms with Crippen molar-refractivity contribution in [2.75, 3.05) is 0 Å². The first-order valence-electron chi connectivity index (χ1n) is 5.65. The maximum Gasteiger partial charge on any atom is 0.123 e. The molecule has 2 N–H and O–H groups in total. The Hall–Kier alpha value is -0.740. The van der Waals surface area contributed by atoms with Gasteiger partial charge in [-0.25, -0.2) is 4.39 Å². The molecule has 0 bridgehead atoms. The van der Waals surface area contributed by atoms with Gasteiger partial charge in [0, 0.05) is 15.8 Å². The summed E-state index contributed by atoms with van der Waals surface area (Å²) in [4.78, 5) is 1.85. The van der Waals surface area contributed by atoms with Gasteiger partial charge in [-0.2, -0.15) is 0 Å². The van der Waals surface area contributed by atoms with Gasteiger partial charge < -0.3 is 5.73 Å². The Balaban J connectivity index is 2.35. The Kier molecular flexibility index (Phi) is 4.74. The maximum atomic E-state index is 13.3. The standard InChI is InChI=1S/C14H12Cl2FNS/c1-8(18)11-6-9(17)2-5-14(11)19-10-3-4-12(15)13(16)7-10/h2-8H,18H2,1H3/t8-/m1/s1. The molecule has 1 atom stereocenters. The van der Waals surface area contributed by atoms with E-state index >= 15 is 0 Å². The number of halogens is 3. The van der Waals surface area contributed by atoms with Gasteiger partial charge in [-0.3, -0.25) is 0 Å². The summed E-state index contributed by atoms with van der Waals surface area (Å²) in [5.74, 6) is -0.286. The van der Waals surface area contributed by atoms with Crippen LogP contribution in [-0.2, 0) is 0 Å². The second kappa shape index (κ2) is 6.14. The lowest BCUT2D eigenvalue weighted by Gasteiger charge is -2.12. The summed E-state index contributed by atoms with van der Waals surface area (Å²) in [5.41, 5.74) is 6.64. The lowest BCUT2D eigenvalue weighted by molar-refractivity contribution is 0.619. The van der Waals surface area contributed by atoms with Gasteiger partial charge in [0.05, 0.1) is 10.0 Å². The summed E-state index contributed by atoms with van der Waals surface area (Å²) in [6, 6.07) is 9.76. The molecule has 1 nitrogen and oxygen atoms in total. The normalized spacial score (nSPS) is 12.5. The highest BCUT2D eigenvalue weighted by molar-refractivity contribution is 7.99. The topological polar surface area (TPSA) is 26.0 Å². The number of benzene rings is 2. The van der Waals surface area contributed by atoms with Gasteiger partial charge in [-0.15, -0.1) is 0 Å². The molecule has 5 heteroatoms. The van der Waals surface area contributed by atoms with E-state index in [9.17, 15) is 4.39 Å². The minimum absolute atomic E-state index is 0.235. The fraction of sp³-hybridized carbons (Fsp3) is 0.143. The Bertz CT molecular complexity index is 602. The van der Waals surface area contributed by atoms with E-state index in [0.29, 0.717) is 10.0 Å². The average molecular weight is 316 g/mol. The summed E-state index contributed by atoms with van der Waals surface area (Å²) < 4.78 is 13.3. The summed E-state index contributed by atoms with van der Waals surface area (Å²) in [6.45, 7) is 1.83. The molecule has 2 rings (SSSR count). The molecule has 0 fully saturated rings.